The summed E-state index contributed by atoms with van der Waals surface area (Å²) < 4.78 is 17.9. The third-order valence-electron chi connectivity index (χ3n) is 2.92. The van der Waals surface area contributed by atoms with Crippen LogP contribution in [0.3, 0.4) is 0 Å². The third kappa shape index (κ3) is 2.45. The van der Waals surface area contributed by atoms with Gasteiger partial charge in [-0.3, -0.25) is 0 Å². The fourth-order valence-corrected chi connectivity index (χ4v) is 1.86. The van der Waals surface area contributed by atoms with Crippen molar-refractivity contribution >= 4 is 11.8 Å². The highest BCUT2D eigenvalue weighted by molar-refractivity contribution is 5.95. The summed E-state index contributed by atoms with van der Waals surface area (Å²) in [5.41, 5.74) is 7.46. The molecular weight excluding hydrogens is 261 g/mol. The first-order valence-electron chi connectivity index (χ1n) is 5.93. The summed E-state index contributed by atoms with van der Waals surface area (Å²) in [6, 6.07) is 4.53. The van der Waals surface area contributed by atoms with E-state index in [0.29, 0.717) is 22.6 Å². The predicted molar refractivity (Wildman–Crippen MR) is 72.7 cm³/mol. The lowest BCUT2D eigenvalue weighted by atomic mass is 10.1. The number of carbonyl (C=O) groups is 1. The molecule has 1 aromatic carbocycles. The van der Waals surface area contributed by atoms with E-state index in [4.69, 9.17) is 5.73 Å². The van der Waals surface area contributed by atoms with Gasteiger partial charge in [0.15, 0.2) is 5.82 Å². The second-order valence-corrected chi connectivity index (χ2v) is 4.35. The first-order chi connectivity index (χ1) is 9.43. The van der Waals surface area contributed by atoms with Gasteiger partial charge in [0, 0.05) is 5.56 Å². The van der Waals surface area contributed by atoms with Gasteiger partial charge in [-0.15, -0.1) is 0 Å². The highest BCUT2D eigenvalue weighted by atomic mass is 19.1. The molecule has 1 heterocycles. The molecule has 2 N–H and O–H groups in total. The molecular formula is C14H14FN3O2. The van der Waals surface area contributed by atoms with Crippen molar-refractivity contribution in [1.82, 2.24) is 9.97 Å². The smallest absolute Gasteiger partial charge is 0.343 e. The number of ether oxygens (including phenoxy) is 1. The lowest BCUT2D eigenvalue weighted by Gasteiger charge is -2.09. The summed E-state index contributed by atoms with van der Waals surface area (Å²) >= 11 is 0. The number of aromatic nitrogens is 2. The Morgan fingerprint density at radius 1 is 1.30 bits per heavy atom. The SMILES string of the molecule is COC(=O)c1c(C)nc(-c2ccc(F)c(C)c2)nc1N. The van der Waals surface area contributed by atoms with Crippen LogP contribution in [0.4, 0.5) is 10.2 Å². The number of nitrogen functional groups attached to an aromatic ring is 1. The Hall–Kier alpha value is -2.50. The summed E-state index contributed by atoms with van der Waals surface area (Å²) in [7, 11) is 1.26. The summed E-state index contributed by atoms with van der Waals surface area (Å²) in [5.74, 6) is -0.497. The van der Waals surface area contributed by atoms with Crippen LogP contribution in [0, 0.1) is 19.7 Å². The maximum absolute atomic E-state index is 13.3. The van der Waals surface area contributed by atoms with Crippen LogP contribution in [-0.4, -0.2) is 23.0 Å². The summed E-state index contributed by atoms with van der Waals surface area (Å²) in [4.78, 5) is 19.9. The molecule has 0 saturated heterocycles. The van der Waals surface area contributed by atoms with Gasteiger partial charge in [0.25, 0.3) is 0 Å². The molecule has 0 aliphatic rings. The molecule has 0 spiro atoms. The second-order valence-electron chi connectivity index (χ2n) is 4.35. The number of nitrogens with two attached hydrogens (primary N) is 1. The van der Waals surface area contributed by atoms with Crippen molar-refractivity contribution in [3.63, 3.8) is 0 Å². The van der Waals surface area contributed by atoms with Gasteiger partial charge in [-0.1, -0.05) is 0 Å². The Balaban J connectivity index is 2.54. The monoisotopic (exact) mass is 275 g/mol. The average molecular weight is 275 g/mol. The molecule has 104 valence electrons. The van der Waals surface area contributed by atoms with Crippen molar-refractivity contribution in [3.8, 4) is 11.4 Å². The zero-order valence-electron chi connectivity index (χ0n) is 11.4. The van der Waals surface area contributed by atoms with Crippen molar-refractivity contribution in [2.45, 2.75) is 13.8 Å². The number of aryl methyl sites for hydroxylation is 2. The molecule has 0 fully saturated rings. The molecule has 5 nitrogen and oxygen atoms in total. The molecule has 0 radical (unpaired) electrons. The Morgan fingerprint density at radius 3 is 2.55 bits per heavy atom. The number of halogens is 1. The standard InChI is InChI=1S/C14H14FN3O2/c1-7-6-9(4-5-10(7)15)13-17-8(2)11(12(16)18-13)14(19)20-3/h4-6H,1-3H3,(H2,16,17,18). The topological polar surface area (TPSA) is 78.1 Å². The minimum atomic E-state index is -0.582. The van der Waals surface area contributed by atoms with E-state index in [1.54, 1.807) is 26.0 Å². The lowest BCUT2D eigenvalue weighted by molar-refractivity contribution is 0.0600. The summed E-state index contributed by atoms with van der Waals surface area (Å²) in [5, 5.41) is 0. The van der Waals surface area contributed by atoms with Gasteiger partial charge >= 0.3 is 5.97 Å². The maximum atomic E-state index is 13.3. The van der Waals surface area contributed by atoms with Crippen LogP contribution >= 0.6 is 0 Å². The summed E-state index contributed by atoms with van der Waals surface area (Å²) in [6.45, 7) is 3.29. The van der Waals surface area contributed by atoms with Gasteiger partial charge in [0.1, 0.15) is 17.2 Å². The molecule has 0 saturated carbocycles. The van der Waals surface area contributed by atoms with Gasteiger partial charge in [-0.05, 0) is 37.6 Å². The molecule has 0 atom stereocenters. The van der Waals surface area contributed by atoms with Gasteiger partial charge in [0.05, 0.1) is 12.8 Å². The molecule has 20 heavy (non-hydrogen) atoms. The number of anilines is 1. The fourth-order valence-electron chi connectivity index (χ4n) is 1.86. The number of methoxy groups -OCH3 is 1. The second kappa shape index (κ2) is 5.24. The number of hydrogen-bond acceptors (Lipinski definition) is 5. The van der Waals surface area contributed by atoms with Crippen molar-refractivity contribution in [1.29, 1.82) is 0 Å². The van der Waals surface area contributed by atoms with Crippen LogP contribution in [0.15, 0.2) is 18.2 Å². The van der Waals surface area contributed by atoms with Crippen molar-refractivity contribution in [2.75, 3.05) is 12.8 Å². The normalized spacial score (nSPS) is 10.4. The van der Waals surface area contributed by atoms with Gasteiger partial charge in [-0.25, -0.2) is 19.2 Å². The Labute approximate surface area is 115 Å². The first kappa shape index (κ1) is 13.9. The molecule has 0 aliphatic carbocycles. The van der Waals surface area contributed by atoms with Crippen LogP contribution in [0.2, 0.25) is 0 Å². The Morgan fingerprint density at radius 2 is 2.00 bits per heavy atom. The highest BCUT2D eigenvalue weighted by Crippen LogP contribution is 2.22. The number of rotatable bonds is 2. The van der Waals surface area contributed by atoms with E-state index in [9.17, 15) is 9.18 Å². The minimum Gasteiger partial charge on any atom is -0.465 e. The van der Waals surface area contributed by atoms with Crippen molar-refractivity contribution < 1.29 is 13.9 Å². The molecule has 6 heteroatoms. The number of carbonyl (C=O) groups excluding carboxylic acids is 1. The molecule has 0 bridgehead atoms. The highest BCUT2D eigenvalue weighted by Gasteiger charge is 2.18. The number of nitrogens with zero attached hydrogens (tertiary/aromatic N) is 2. The van der Waals surface area contributed by atoms with Crippen LogP contribution in [-0.2, 0) is 4.74 Å². The van der Waals surface area contributed by atoms with E-state index >= 15 is 0 Å². The van der Waals surface area contributed by atoms with Gasteiger partial charge in [0.2, 0.25) is 0 Å². The van der Waals surface area contributed by atoms with E-state index in [1.807, 2.05) is 0 Å². The van der Waals surface area contributed by atoms with Crippen molar-refractivity contribution in [3.05, 3.63) is 40.8 Å². The number of benzene rings is 1. The van der Waals surface area contributed by atoms with Crippen LogP contribution in [0.5, 0.6) is 0 Å². The van der Waals surface area contributed by atoms with Gasteiger partial charge in [-0.2, -0.15) is 0 Å². The molecule has 2 rings (SSSR count). The summed E-state index contributed by atoms with van der Waals surface area (Å²) in [6.07, 6.45) is 0. The zero-order valence-corrected chi connectivity index (χ0v) is 11.4. The minimum absolute atomic E-state index is 0.0429. The average Bonchev–Trinajstić information content (AvgIpc) is 2.40. The largest absolute Gasteiger partial charge is 0.465 e. The lowest BCUT2D eigenvalue weighted by Crippen LogP contribution is -2.12. The molecule has 0 aliphatic heterocycles. The van der Waals surface area contributed by atoms with E-state index in [0.717, 1.165) is 0 Å². The van der Waals surface area contributed by atoms with E-state index < -0.39 is 5.97 Å². The quantitative estimate of drug-likeness (QED) is 0.850. The maximum Gasteiger partial charge on any atom is 0.343 e. The Kier molecular flexibility index (Phi) is 3.65. The number of hydrogen-bond donors (Lipinski definition) is 1. The van der Waals surface area contributed by atoms with Gasteiger partial charge < -0.3 is 10.5 Å². The predicted octanol–water partition coefficient (Wildman–Crippen LogP) is 2.27. The van der Waals surface area contributed by atoms with E-state index in [2.05, 4.69) is 14.7 Å². The molecule has 1 aromatic heterocycles. The first-order valence-corrected chi connectivity index (χ1v) is 5.93. The van der Waals surface area contributed by atoms with Crippen LogP contribution in [0.1, 0.15) is 21.6 Å². The Bertz CT molecular complexity index is 663. The van der Waals surface area contributed by atoms with E-state index in [1.165, 1.54) is 13.2 Å². The zero-order chi connectivity index (χ0) is 14.9. The fraction of sp³-hybridized carbons (Fsp3) is 0.214. The van der Waals surface area contributed by atoms with E-state index in [-0.39, 0.29) is 17.2 Å². The van der Waals surface area contributed by atoms with Crippen LogP contribution in [0.25, 0.3) is 11.4 Å². The molecule has 0 amide bonds. The van der Waals surface area contributed by atoms with Crippen LogP contribution < -0.4 is 5.73 Å². The third-order valence-corrected chi connectivity index (χ3v) is 2.92. The van der Waals surface area contributed by atoms with Crippen molar-refractivity contribution in [2.24, 2.45) is 0 Å². The molecule has 0 unspecified atom stereocenters. The molecule has 2 aromatic rings. The number of esters is 1.